The van der Waals surface area contributed by atoms with Crippen molar-refractivity contribution in [3.63, 3.8) is 0 Å². The smallest absolute Gasteiger partial charge is 0.147 e. The molecule has 0 fully saturated rings. The average molecular weight is 159 g/mol. The van der Waals surface area contributed by atoms with Gasteiger partial charge in [-0.3, -0.25) is 0 Å². The van der Waals surface area contributed by atoms with E-state index >= 15 is 0 Å². The van der Waals surface area contributed by atoms with Crippen LogP contribution in [0.15, 0.2) is 0 Å². The number of hydrogen-bond acceptors (Lipinski definition) is 0. The fourth-order valence-corrected chi connectivity index (χ4v) is 1.30. The van der Waals surface area contributed by atoms with Crippen LogP contribution in [-0.2, 0) is 18.3 Å². The largest absolute Gasteiger partial charge is 0.147 e. The Morgan fingerprint density at radius 2 is 2.00 bits per heavy atom. The van der Waals surface area contributed by atoms with Crippen molar-refractivity contribution in [2.24, 2.45) is 0 Å². The third kappa shape index (κ3) is 8.87. The van der Waals surface area contributed by atoms with Gasteiger partial charge in [0.05, 0.1) is 0 Å². The van der Waals surface area contributed by atoms with E-state index in [9.17, 15) is 0 Å². The fourth-order valence-electron chi connectivity index (χ4n) is 0.250. The summed E-state index contributed by atoms with van der Waals surface area (Å²) in [5.41, 5.74) is 0. The Morgan fingerprint density at radius 3 is 2.00 bits per heavy atom. The van der Waals surface area contributed by atoms with E-state index in [4.69, 9.17) is 0 Å². The van der Waals surface area contributed by atoms with Crippen molar-refractivity contribution in [2.75, 3.05) is 0 Å². The first kappa shape index (κ1) is 10.0. The van der Waals surface area contributed by atoms with Gasteiger partial charge in [-0.15, -0.1) is 12.4 Å². The molecule has 0 radical (unpaired) electrons. The van der Waals surface area contributed by atoms with E-state index in [-0.39, 0.29) is 12.4 Å². The monoisotopic (exact) mass is 157 g/mol. The molecule has 0 aromatic heterocycles. The molecule has 0 saturated carbocycles. The molecule has 35 valence electrons. The van der Waals surface area contributed by atoms with Gasteiger partial charge in [-0.25, -0.2) is 0 Å². The van der Waals surface area contributed by atoms with Crippen LogP contribution in [0.25, 0.3) is 0 Å². The molecule has 0 spiro atoms. The summed E-state index contributed by atoms with van der Waals surface area (Å²) in [6.07, 6.45) is 2.82. The molecule has 0 aromatic rings. The van der Waals surface area contributed by atoms with Crippen molar-refractivity contribution >= 4 is 12.4 Å². The molecule has 0 heterocycles. The van der Waals surface area contributed by atoms with Gasteiger partial charge in [-0.05, 0) is 0 Å². The predicted molar refractivity (Wildman–Crippen MR) is 27.0 cm³/mol. The van der Waals surface area contributed by atoms with Gasteiger partial charge in [0, 0.05) is 0 Å². The molecule has 0 aliphatic rings. The Kier molecular flexibility index (Phi) is 15.6. The summed E-state index contributed by atoms with van der Waals surface area (Å²) < 4.78 is 0. The van der Waals surface area contributed by atoms with Crippen molar-refractivity contribution in [1.82, 2.24) is 0 Å². The Balaban J connectivity index is 0. The molecule has 0 aliphatic heterocycles. The molecule has 0 aromatic carbocycles. The zero-order chi connectivity index (χ0) is 4.12. The second-order valence-electron chi connectivity index (χ2n) is 1.21. The molecule has 0 N–H and O–H groups in total. The Bertz CT molecular complexity index is 15.0. The molecule has 0 atom stereocenters. The maximum atomic E-state index is 2.23. The van der Waals surface area contributed by atoms with Gasteiger partial charge in [0.1, 0.15) is 0 Å². The minimum Gasteiger partial charge on any atom is -0.147 e. The summed E-state index contributed by atoms with van der Waals surface area (Å²) in [4.78, 5) is 0. The van der Waals surface area contributed by atoms with Crippen LogP contribution in [0.1, 0.15) is 19.8 Å². The Morgan fingerprint density at radius 1 is 1.50 bits per heavy atom. The summed E-state index contributed by atoms with van der Waals surface area (Å²) in [5, 5.41) is 1.47. The second kappa shape index (κ2) is 9.32. The fraction of sp³-hybridized carbons (Fsp3) is 1.00. The summed E-state index contributed by atoms with van der Waals surface area (Å²) in [6, 6.07) is 0. The molecule has 0 bridgehead atoms. The number of rotatable bonds is 2. The molecule has 0 saturated heterocycles. The van der Waals surface area contributed by atoms with Crippen LogP contribution < -0.4 is 0 Å². The van der Waals surface area contributed by atoms with Crippen LogP contribution in [0.3, 0.4) is 0 Å². The van der Waals surface area contributed by atoms with Gasteiger partial charge in [-0.1, -0.05) is 0 Å². The molecule has 0 amide bonds. The van der Waals surface area contributed by atoms with Gasteiger partial charge in [0.15, 0.2) is 0 Å². The Labute approximate surface area is 55.8 Å². The zero-order valence-electron chi connectivity index (χ0n) is 4.24. The molecule has 0 rings (SSSR count). The average Bonchev–Trinajstić information content (AvgIpc) is 1.41. The summed E-state index contributed by atoms with van der Waals surface area (Å²) in [5.74, 6) is 0. The van der Waals surface area contributed by atoms with Gasteiger partial charge in [0.25, 0.3) is 0 Å². The topological polar surface area (TPSA) is 0 Å². The molecule has 2 heteroatoms. The summed E-state index contributed by atoms with van der Waals surface area (Å²) in [6.45, 7) is 2.23. The predicted octanol–water partition coefficient (Wildman–Crippen LogP) is 2.17. The standard InChI is InChI=1S/C4H9.ClH.Zn/c1-3-4-2;;/h1,3-4H2,2H3;1H;. The van der Waals surface area contributed by atoms with Crippen LogP contribution in [-0.4, -0.2) is 0 Å². The minimum atomic E-state index is 0. The van der Waals surface area contributed by atoms with E-state index in [0.29, 0.717) is 0 Å². The SMILES string of the molecule is CCC[CH2][Zn].Cl. The van der Waals surface area contributed by atoms with Crippen LogP contribution in [0.4, 0.5) is 0 Å². The first-order valence-corrected chi connectivity index (χ1v) is 4.31. The van der Waals surface area contributed by atoms with Gasteiger partial charge in [-0.2, -0.15) is 0 Å². The second-order valence-corrected chi connectivity index (χ2v) is 2.69. The van der Waals surface area contributed by atoms with E-state index in [1.54, 1.807) is 0 Å². The summed E-state index contributed by atoms with van der Waals surface area (Å²) in [7, 11) is 0. The van der Waals surface area contributed by atoms with Crippen molar-refractivity contribution in [1.29, 1.82) is 0 Å². The van der Waals surface area contributed by atoms with E-state index < -0.39 is 0 Å². The summed E-state index contributed by atoms with van der Waals surface area (Å²) >= 11 is 1.48. The quantitative estimate of drug-likeness (QED) is 0.541. The zero-order valence-corrected chi connectivity index (χ0v) is 8.02. The van der Waals surface area contributed by atoms with Crippen LogP contribution >= 0.6 is 12.4 Å². The molecule has 0 aliphatic carbocycles. The van der Waals surface area contributed by atoms with Crippen LogP contribution in [0.2, 0.25) is 5.02 Å². The molecule has 0 unspecified atom stereocenters. The van der Waals surface area contributed by atoms with Crippen molar-refractivity contribution < 1.29 is 18.3 Å². The van der Waals surface area contributed by atoms with Crippen LogP contribution in [0, 0.1) is 0 Å². The Hall–Kier alpha value is 0.913. The van der Waals surface area contributed by atoms with E-state index in [0.717, 1.165) is 0 Å². The molecule has 0 nitrogen and oxygen atoms in total. The third-order valence-corrected chi connectivity index (χ3v) is 1.65. The minimum absolute atomic E-state index is 0. The molecule has 6 heavy (non-hydrogen) atoms. The number of hydrogen-bond donors (Lipinski definition) is 0. The van der Waals surface area contributed by atoms with Gasteiger partial charge in [0.2, 0.25) is 0 Å². The maximum Gasteiger partial charge on any atom is -0.147 e. The van der Waals surface area contributed by atoms with Gasteiger partial charge >= 0.3 is 43.1 Å². The normalized spacial score (nSPS) is 7.17. The first-order valence-electron chi connectivity index (χ1n) is 2.21. The van der Waals surface area contributed by atoms with Crippen molar-refractivity contribution in [3.05, 3.63) is 0 Å². The number of unbranched alkanes of at least 4 members (excludes halogenated alkanes) is 1. The van der Waals surface area contributed by atoms with E-state index in [2.05, 4.69) is 6.92 Å². The molecular formula is C4H10ClZn. The van der Waals surface area contributed by atoms with Gasteiger partial charge < -0.3 is 0 Å². The van der Waals surface area contributed by atoms with E-state index in [1.807, 2.05) is 0 Å². The van der Waals surface area contributed by atoms with E-state index in [1.165, 1.54) is 36.2 Å². The first-order chi connectivity index (χ1) is 2.41. The third-order valence-electron chi connectivity index (χ3n) is 0.604. The van der Waals surface area contributed by atoms with Crippen molar-refractivity contribution in [2.45, 2.75) is 24.8 Å². The number of halogens is 1. The van der Waals surface area contributed by atoms with Crippen LogP contribution in [0.5, 0.6) is 0 Å². The maximum absolute atomic E-state index is 2.23. The molecular weight excluding hydrogens is 149 g/mol. The van der Waals surface area contributed by atoms with Crippen molar-refractivity contribution in [3.8, 4) is 0 Å².